The van der Waals surface area contributed by atoms with Crippen LogP contribution < -0.4 is 0 Å². The Bertz CT molecular complexity index is 318. The van der Waals surface area contributed by atoms with Gasteiger partial charge in [-0.2, -0.15) is 0 Å². The molecule has 0 saturated heterocycles. The molecule has 0 aliphatic heterocycles. The van der Waals surface area contributed by atoms with Gasteiger partial charge >= 0.3 is 0 Å². The van der Waals surface area contributed by atoms with Crippen LogP contribution in [0.3, 0.4) is 0 Å². The highest BCUT2D eigenvalue weighted by atomic mass is 16.3. The Morgan fingerprint density at radius 2 is 1.93 bits per heavy atom. The Hall–Kier alpha value is -1.26. The number of hydrogen-bond donors (Lipinski definition) is 1. The average Bonchev–Trinajstić information content (AvgIpc) is 2.28. The van der Waals surface area contributed by atoms with E-state index in [1.807, 2.05) is 25.1 Å². The van der Waals surface area contributed by atoms with Gasteiger partial charge in [0.15, 0.2) is 0 Å². The van der Waals surface area contributed by atoms with Gasteiger partial charge in [0.05, 0.1) is 6.10 Å². The molecule has 0 aliphatic carbocycles. The maximum atomic E-state index is 9.67. The second-order valence-electron chi connectivity index (χ2n) is 3.64. The summed E-state index contributed by atoms with van der Waals surface area (Å²) >= 11 is 0. The lowest BCUT2D eigenvalue weighted by Crippen LogP contribution is -2.07. The van der Waals surface area contributed by atoms with E-state index in [2.05, 4.69) is 24.0 Å². The van der Waals surface area contributed by atoms with Crippen molar-refractivity contribution in [2.75, 3.05) is 0 Å². The molecule has 0 amide bonds. The van der Waals surface area contributed by atoms with Crippen molar-refractivity contribution < 1.29 is 5.11 Å². The Labute approximate surface area is 92.1 Å². The van der Waals surface area contributed by atoms with Gasteiger partial charge in [-0.15, -0.1) is 11.8 Å². The molecule has 1 nitrogen and oxygen atoms in total. The van der Waals surface area contributed by atoms with Crippen molar-refractivity contribution in [2.24, 2.45) is 0 Å². The molecule has 1 aromatic carbocycles. The summed E-state index contributed by atoms with van der Waals surface area (Å²) < 4.78 is 0. The summed E-state index contributed by atoms with van der Waals surface area (Å²) in [5, 5.41) is 9.67. The minimum absolute atomic E-state index is 0.217. The summed E-state index contributed by atoms with van der Waals surface area (Å²) in [6.07, 6.45) is 3.14. The smallest absolute Gasteiger partial charge is 0.0552 e. The second-order valence-corrected chi connectivity index (χ2v) is 3.64. The number of hydrogen-bond acceptors (Lipinski definition) is 1. The molecule has 1 rings (SSSR count). The molecule has 1 unspecified atom stereocenters. The number of benzene rings is 1. The van der Waals surface area contributed by atoms with Gasteiger partial charge in [-0.05, 0) is 31.7 Å². The maximum absolute atomic E-state index is 9.67. The van der Waals surface area contributed by atoms with Gasteiger partial charge in [-0.3, -0.25) is 0 Å². The van der Waals surface area contributed by atoms with Gasteiger partial charge in [-0.1, -0.05) is 30.3 Å². The van der Waals surface area contributed by atoms with Crippen LogP contribution in [0, 0.1) is 11.8 Å². The van der Waals surface area contributed by atoms with E-state index in [4.69, 9.17) is 0 Å². The standard InChI is InChI=1S/C14H18O/c1-2-3-5-10-14(15)12-11-13-8-6-4-7-9-13/h4,6-9,14-15H,5,10-12H2,1H3. The van der Waals surface area contributed by atoms with Gasteiger partial charge in [0.1, 0.15) is 0 Å². The van der Waals surface area contributed by atoms with Crippen LogP contribution in [-0.4, -0.2) is 11.2 Å². The molecule has 0 heterocycles. The van der Waals surface area contributed by atoms with E-state index in [0.717, 1.165) is 25.7 Å². The van der Waals surface area contributed by atoms with Crippen molar-refractivity contribution >= 4 is 0 Å². The monoisotopic (exact) mass is 202 g/mol. The molecule has 15 heavy (non-hydrogen) atoms. The van der Waals surface area contributed by atoms with Gasteiger partial charge in [-0.25, -0.2) is 0 Å². The van der Waals surface area contributed by atoms with Crippen LogP contribution in [0.5, 0.6) is 0 Å². The summed E-state index contributed by atoms with van der Waals surface area (Å²) in [6.45, 7) is 1.83. The largest absolute Gasteiger partial charge is 0.393 e. The van der Waals surface area contributed by atoms with E-state index in [9.17, 15) is 5.11 Å². The Morgan fingerprint density at radius 3 is 2.60 bits per heavy atom. The molecular weight excluding hydrogens is 184 g/mol. The molecule has 0 radical (unpaired) electrons. The lowest BCUT2D eigenvalue weighted by Gasteiger charge is -2.08. The van der Waals surface area contributed by atoms with Crippen molar-refractivity contribution in [3.05, 3.63) is 35.9 Å². The summed E-state index contributed by atoms with van der Waals surface area (Å²) in [5.74, 6) is 5.80. The molecule has 1 N–H and O–H groups in total. The highest BCUT2D eigenvalue weighted by Gasteiger charge is 2.02. The minimum Gasteiger partial charge on any atom is -0.393 e. The lowest BCUT2D eigenvalue weighted by molar-refractivity contribution is 0.156. The summed E-state index contributed by atoms with van der Waals surface area (Å²) in [4.78, 5) is 0. The average molecular weight is 202 g/mol. The Kier molecular flexibility index (Phi) is 5.58. The SMILES string of the molecule is CC#CCCC(O)CCc1ccccc1. The first-order valence-electron chi connectivity index (χ1n) is 5.44. The molecular formula is C14H18O. The maximum Gasteiger partial charge on any atom is 0.0552 e. The first-order valence-corrected chi connectivity index (χ1v) is 5.44. The number of rotatable bonds is 5. The topological polar surface area (TPSA) is 20.2 Å². The fraction of sp³-hybridized carbons (Fsp3) is 0.429. The second kappa shape index (κ2) is 7.09. The first kappa shape index (κ1) is 11.8. The molecule has 80 valence electrons. The van der Waals surface area contributed by atoms with Crippen LogP contribution in [0.1, 0.15) is 31.7 Å². The number of aryl methyl sites for hydroxylation is 1. The van der Waals surface area contributed by atoms with Crippen molar-refractivity contribution in [3.63, 3.8) is 0 Å². The lowest BCUT2D eigenvalue weighted by atomic mass is 10.0. The fourth-order valence-electron chi connectivity index (χ4n) is 1.49. The first-order chi connectivity index (χ1) is 7.33. The quantitative estimate of drug-likeness (QED) is 0.728. The van der Waals surface area contributed by atoms with E-state index in [-0.39, 0.29) is 6.10 Å². The van der Waals surface area contributed by atoms with Crippen molar-refractivity contribution in [1.29, 1.82) is 0 Å². The molecule has 0 spiro atoms. The van der Waals surface area contributed by atoms with Gasteiger partial charge in [0, 0.05) is 6.42 Å². The molecule has 0 aliphatic rings. The van der Waals surface area contributed by atoms with Crippen LogP contribution >= 0.6 is 0 Å². The fourth-order valence-corrected chi connectivity index (χ4v) is 1.49. The molecule has 1 aromatic rings. The van der Waals surface area contributed by atoms with Crippen LogP contribution in [0.2, 0.25) is 0 Å². The van der Waals surface area contributed by atoms with E-state index in [1.54, 1.807) is 0 Å². The highest BCUT2D eigenvalue weighted by Crippen LogP contribution is 2.08. The third-order valence-corrected chi connectivity index (χ3v) is 2.39. The van der Waals surface area contributed by atoms with E-state index in [1.165, 1.54) is 5.56 Å². The molecule has 0 fully saturated rings. The Morgan fingerprint density at radius 1 is 1.20 bits per heavy atom. The van der Waals surface area contributed by atoms with Crippen molar-refractivity contribution in [1.82, 2.24) is 0 Å². The highest BCUT2D eigenvalue weighted by molar-refractivity contribution is 5.14. The zero-order chi connectivity index (χ0) is 10.9. The third-order valence-electron chi connectivity index (χ3n) is 2.39. The normalized spacial score (nSPS) is 11.6. The zero-order valence-corrected chi connectivity index (χ0v) is 9.24. The van der Waals surface area contributed by atoms with E-state index < -0.39 is 0 Å². The van der Waals surface area contributed by atoms with Crippen LogP contribution in [0.25, 0.3) is 0 Å². The number of aliphatic hydroxyl groups excluding tert-OH is 1. The molecule has 0 aromatic heterocycles. The predicted molar refractivity (Wildman–Crippen MR) is 63.5 cm³/mol. The minimum atomic E-state index is -0.217. The summed E-state index contributed by atoms with van der Waals surface area (Å²) in [7, 11) is 0. The third kappa shape index (κ3) is 5.24. The van der Waals surface area contributed by atoms with Crippen molar-refractivity contribution in [3.8, 4) is 11.8 Å². The Balaban J connectivity index is 2.21. The predicted octanol–water partition coefficient (Wildman–Crippen LogP) is 2.78. The van der Waals surface area contributed by atoms with Gasteiger partial charge in [0.25, 0.3) is 0 Å². The van der Waals surface area contributed by atoms with Gasteiger partial charge in [0.2, 0.25) is 0 Å². The zero-order valence-electron chi connectivity index (χ0n) is 9.24. The van der Waals surface area contributed by atoms with Crippen LogP contribution in [0.4, 0.5) is 0 Å². The summed E-state index contributed by atoms with van der Waals surface area (Å²) in [5.41, 5.74) is 1.29. The van der Waals surface area contributed by atoms with Gasteiger partial charge < -0.3 is 5.11 Å². The van der Waals surface area contributed by atoms with E-state index in [0.29, 0.717) is 0 Å². The number of aliphatic hydroxyl groups is 1. The van der Waals surface area contributed by atoms with Crippen LogP contribution in [0.15, 0.2) is 30.3 Å². The summed E-state index contributed by atoms with van der Waals surface area (Å²) in [6, 6.07) is 10.3. The van der Waals surface area contributed by atoms with Crippen LogP contribution in [-0.2, 0) is 6.42 Å². The molecule has 0 saturated carbocycles. The molecule has 1 atom stereocenters. The van der Waals surface area contributed by atoms with E-state index >= 15 is 0 Å². The molecule has 1 heteroatoms. The molecule has 0 bridgehead atoms. The van der Waals surface area contributed by atoms with Crippen molar-refractivity contribution in [2.45, 2.75) is 38.7 Å².